The molecule has 25 heavy (non-hydrogen) atoms. The number of ether oxygens (including phenoxy) is 1. The third-order valence-electron chi connectivity index (χ3n) is 3.37. The predicted molar refractivity (Wildman–Crippen MR) is 103 cm³/mol. The Morgan fingerprint density at radius 1 is 1.32 bits per heavy atom. The predicted octanol–water partition coefficient (Wildman–Crippen LogP) is 1.33. The lowest BCUT2D eigenvalue weighted by Gasteiger charge is -2.14. The standard InChI is InChI=1S/C18H29N3O3S/c1-3-7-20-14(2)10-15-5-4-6-16(11-15)24-12-18(23)21-8-9-25-13-17(19)22/h4-6,11,14,20H,3,7-10,12-13H2,1-2H3,(H2,19,22)(H,21,23). The summed E-state index contributed by atoms with van der Waals surface area (Å²) >= 11 is 1.39. The smallest absolute Gasteiger partial charge is 0.257 e. The van der Waals surface area contributed by atoms with Crippen LogP contribution in [-0.2, 0) is 16.0 Å². The highest BCUT2D eigenvalue weighted by Gasteiger charge is 2.06. The van der Waals surface area contributed by atoms with Crippen LogP contribution in [0.3, 0.4) is 0 Å². The molecule has 0 saturated heterocycles. The molecule has 0 aliphatic carbocycles. The van der Waals surface area contributed by atoms with Crippen LogP contribution in [0.5, 0.6) is 5.75 Å². The lowest BCUT2D eigenvalue weighted by Crippen LogP contribution is -2.31. The van der Waals surface area contributed by atoms with Crippen molar-refractivity contribution >= 4 is 23.6 Å². The van der Waals surface area contributed by atoms with Crippen molar-refractivity contribution in [1.29, 1.82) is 0 Å². The van der Waals surface area contributed by atoms with Crippen molar-refractivity contribution in [2.24, 2.45) is 5.73 Å². The number of carbonyl (C=O) groups excluding carboxylic acids is 2. The zero-order chi connectivity index (χ0) is 18.5. The molecule has 0 saturated carbocycles. The van der Waals surface area contributed by atoms with E-state index in [1.807, 2.05) is 18.2 Å². The summed E-state index contributed by atoms with van der Waals surface area (Å²) in [7, 11) is 0. The number of rotatable bonds is 13. The topological polar surface area (TPSA) is 93.4 Å². The van der Waals surface area contributed by atoms with Gasteiger partial charge in [0.2, 0.25) is 5.91 Å². The number of amides is 2. The summed E-state index contributed by atoms with van der Waals surface area (Å²) in [6, 6.07) is 8.23. The molecule has 4 N–H and O–H groups in total. The van der Waals surface area contributed by atoms with Crippen molar-refractivity contribution < 1.29 is 14.3 Å². The van der Waals surface area contributed by atoms with Gasteiger partial charge in [-0.3, -0.25) is 9.59 Å². The second-order valence-electron chi connectivity index (χ2n) is 5.86. The van der Waals surface area contributed by atoms with Crippen LogP contribution >= 0.6 is 11.8 Å². The van der Waals surface area contributed by atoms with Gasteiger partial charge in [-0.2, -0.15) is 11.8 Å². The lowest BCUT2D eigenvalue weighted by atomic mass is 10.1. The van der Waals surface area contributed by atoms with E-state index in [0.29, 0.717) is 24.1 Å². The Hall–Kier alpha value is -1.73. The van der Waals surface area contributed by atoms with Gasteiger partial charge >= 0.3 is 0 Å². The summed E-state index contributed by atoms with van der Waals surface area (Å²) in [6.45, 7) is 5.78. The second kappa shape index (κ2) is 12.6. The molecule has 1 atom stereocenters. The van der Waals surface area contributed by atoms with E-state index in [2.05, 4.69) is 30.5 Å². The van der Waals surface area contributed by atoms with E-state index < -0.39 is 0 Å². The fourth-order valence-corrected chi connectivity index (χ4v) is 2.81. The summed E-state index contributed by atoms with van der Waals surface area (Å²) in [5.74, 6) is 1.08. The molecule has 1 aromatic carbocycles. The van der Waals surface area contributed by atoms with Crippen molar-refractivity contribution in [1.82, 2.24) is 10.6 Å². The van der Waals surface area contributed by atoms with Crippen molar-refractivity contribution in [2.45, 2.75) is 32.7 Å². The van der Waals surface area contributed by atoms with Crippen LogP contribution in [0.25, 0.3) is 0 Å². The zero-order valence-electron chi connectivity index (χ0n) is 15.0. The Morgan fingerprint density at radius 2 is 2.12 bits per heavy atom. The molecule has 0 heterocycles. The number of primary amides is 1. The molecular weight excluding hydrogens is 338 g/mol. The quantitative estimate of drug-likeness (QED) is 0.457. The molecule has 0 bridgehead atoms. The van der Waals surface area contributed by atoms with E-state index in [-0.39, 0.29) is 24.2 Å². The molecule has 1 unspecified atom stereocenters. The van der Waals surface area contributed by atoms with Crippen molar-refractivity contribution in [3.8, 4) is 5.75 Å². The van der Waals surface area contributed by atoms with E-state index in [4.69, 9.17) is 10.5 Å². The molecular formula is C18H29N3O3S. The number of carbonyl (C=O) groups is 2. The molecule has 0 fully saturated rings. The van der Waals surface area contributed by atoms with Gasteiger partial charge < -0.3 is 21.1 Å². The Morgan fingerprint density at radius 3 is 2.84 bits per heavy atom. The lowest BCUT2D eigenvalue weighted by molar-refractivity contribution is -0.123. The van der Waals surface area contributed by atoms with Crippen LogP contribution < -0.4 is 21.1 Å². The highest BCUT2D eigenvalue weighted by molar-refractivity contribution is 7.99. The van der Waals surface area contributed by atoms with Gasteiger partial charge in [-0.25, -0.2) is 0 Å². The summed E-state index contributed by atoms with van der Waals surface area (Å²) < 4.78 is 5.55. The van der Waals surface area contributed by atoms with Crippen molar-refractivity contribution in [2.75, 3.05) is 31.2 Å². The minimum absolute atomic E-state index is 0.0203. The maximum Gasteiger partial charge on any atom is 0.257 e. The van der Waals surface area contributed by atoms with E-state index in [1.165, 1.54) is 17.3 Å². The summed E-state index contributed by atoms with van der Waals surface area (Å²) in [6.07, 6.45) is 2.03. The maximum atomic E-state index is 11.7. The van der Waals surface area contributed by atoms with Gasteiger partial charge in [0, 0.05) is 18.3 Å². The molecule has 7 heteroatoms. The van der Waals surface area contributed by atoms with Gasteiger partial charge in [0.25, 0.3) is 5.91 Å². The van der Waals surface area contributed by atoms with Crippen LogP contribution in [0.4, 0.5) is 0 Å². The minimum Gasteiger partial charge on any atom is -0.484 e. The third-order valence-corrected chi connectivity index (χ3v) is 4.35. The van der Waals surface area contributed by atoms with Crippen molar-refractivity contribution in [3.05, 3.63) is 29.8 Å². The Labute approximate surface area is 154 Å². The Bertz CT molecular complexity index is 540. The van der Waals surface area contributed by atoms with Crippen LogP contribution in [0.1, 0.15) is 25.8 Å². The van der Waals surface area contributed by atoms with E-state index >= 15 is 0 Å². The number of benzene rings is 1. The first-order valence-corrected chi connectivity index (χ1v) is 9.74. The monoisotopic (exact) mass is 367 g/mol. The average Bonchev–Trinajstić information content (AvgIpc) is 2.58. The fraction of sp³-hybridized carbons (Fsp3) is 0.556. The molecule has 0 spiro atoms. The van der Waals surface area contributed by atoms with Crippen LogP contribution in [0, 0.1) is 0 Å². The fourth-order valence-electron chi connectivity index (χ4n) is 2.21. The molecule has 6 nitrogen and oxygen atoms in total. The molecule has 2 amide bonds. The van der Waals surface area contributed by atoms with Gasteiger partial charge in [0.1, 0.15) is 5.75 Å². The number of nitrogens with two attached hydrogens (primary N) is 1. The van der Waals surface area contributed by atoms with Gasteiger partial charge in [-0.1, -0.05) is 19.1 Å². The van der Waals surface area contributed by atoms with Crippen LogP contribution in [-0.4, -0.2) is 49.1 Å². The number of hydrogen-bond acceptors (Lipinski definition) is 5. The molecule has 1 aromatic rings. The molecule has 0 aliphatic rings. The highest BCUT2D eigenvalue weighted by atomic mass is 32.2. The molecule has 140 valence electrons. The molecule has 1 rings (SSSR count). The van der Waals surface area contributed by atoms with Gasteiger partial charge in [-0.15, -0.1) is 0 Å². The van der Waals surface area contributed by atoms with E-state index in [0.717, 1.165) is 19.4 Å². The van der Waals surface area contributed by atoms with E-state index in [1.54, 1.807) is 0 Å². The largest absolute Gasteiger partial charge is 0.484 e. The number of hydrogen-bond donors (Lipinski definition) is 3. The molecule has 0 radical (unpaired) electrons. The van der Waals surface area contributed by atoms with Crippen LogP contribution in [0.2, 0.25) is 0 Å². The van der Waals surface area contributed by atoms with Crippen LogP contribution in [0.15, 0.2) is 24.3 Å². The normalized spacial score (nSPS) is 11.8. The first-order valence-electron chi connectivity index (χ1n) is 8.59. The first-order chi connectivity index (χ1) is 12.0. The molecule has 0 aliphatic heterocycles. The van der Waals surface area contributed by atoms with Gasteiger partial charge in [0.15, 0.2) is 6.61 Å². The number of thioether (sulfide) groups is 1. The Balaban J connectivity index is 2.28. The van der Waals surface area contributed by atoms with Gasteiger partial charge in [0.05, 0.1) is 5.75 Å². The summed E-state index contributed by atoms with van der Waals surface area (Å²) in [5.41, 5.74) is 6.22. The molecule has 0 aromatic heterocycles. The minimum atomic E-state index is -0.348. The third kappa shape index (κ3) is 10.7. The van der Waals surface area contributed by atoms with Gasteiger partial charge in [-0.05, 0) is 44.0 Å². The first kappa shape index (κ1) is 21.3. The maximum absolute atomic E-state index is 11.7. The average molecular weight is 368 g/mol. The summed E-state index contributed by atoms with van der Waals surface area (Å²) in [5, 5.41) is 6.20. The SMILES string of the molecule is CCCNC(C)Cc1cccc(OCC(=O)NCCSCC(N)=O)c1. The second-order valence-corrected chi connectivity index (χ2v) is 6.97. The number of nitrogens with one attached hydrogen (secondary N) is 2. The highest BCUT2D eigenvalue weighted by Crippen LogP contribution is 2.14. The van der Waals surface area contributed by atoms with E-state index in [9.17, 15) is 9.59 Å². The Kier molecular flexibility index (Phi) is 10.7. The summed E-state index contributed by atoms with van der Waals surface area (Å²) in [4.78, 5) is 22.3. The van der Waals surface area contributed by atoms with Crippen molar-refractivity contribution in [3.63, 3.8) is 0 Å². The zero-order valence-corrected chi connectivity index (χ0v) is 15.9.